The molecule has 1 amide bonds. The van der Waals surface area contributed by atoms with Gasteiger partial charge in [0.25, 0.3) is 5.91 Å². The first-order valence-corrected chi connectivity index (χ1v) is 8.64. The number of aromatic amines is 1. The van der Waals surface area contributed by atoms with E-state index in [1.807, 2.05) is 0 Å². The Balaban J connectivity index is 1.80. The van der Waals surface area contributed by atoms with E-state index >= 15 is 0 Å². The van der Waals surface area contributed by atoms with Crippen molar-refractivity contribution < 1.29 is 4.79 Å². The van der Waals surface area contributed by atoms with Crippen molar-refractivity contribution in [1.29, 1.82) is 0 Å². The van der Waals surface area contributed by atoms with Crippen molar-refractivity contribution in [3.05, 3.63) is 69.6 Å². The van der Waals surface area contributed by atoms with E-state index < -0.39 is 0 Å². The van der Waals surface area contributed by atoms with Crippen LogP contribution in [-0.4, -0.2) is 17.4 Å². The molecular weight excluding hydrogens is 300 g/mol. The van der Waals surface area contributed by atoms with E-state index in [0.717, 1.165) is 12.8 Å². The van der Waals surface area contributed by atoms with Crippen LogP contribution in [0.4, 0.5) is 0 Å². The molecule has 3 rings (SSSR count). The monoisotopic (exact) mass is 324 g/mol. The van der Waals surface area contributed by atoms with Crippen LogP contribution in [-0.2, 0) is 5.41 Å². The van der Waals surface area contributed by atoms with E-state index in [1.54, 1.807) is 12.1 Å². The third-order valence-corrected chi connectivity index (χ3v) is 5.04. The zero-order valence-electron chi connectivity index (χ0n) is 14.1. The maximum Gasteiger partial charge on any atom is 0.267 e. The summed E-state index contributed by atoms with van der Waals surface area (Å²) < 4.78 is 0. The number of aryl methyl sites for hydroxylation is 1. The molecule has 0 aliphatic heterocycles. The molecule has 0 spiro atoms. The minimum absolute atomic E-state index is 0.00496. The van der Waals surface area contributed by atoms with Crippen molar-refractivity contribution in [3.8, 4) is 0 Å². The molecule has 4 heteroatoms. The number of hydrogen-bond acceptors (Lipinski definition) is 2. The Morgan fingerprint density at radius 2 is 1.88 bits per heavy atom. The SMILES string of the molecule is Cc1cccc(C2(CNC(=O)c3cccc(=O)[nH]3)CCCCC2)c1. The number of H-pyrrole nitrogens is 1. The standard InChI is InChI=1S/C20H24N2O2/c1-15-7-5-8-16(13-15)20(11-3-2-4-12-20)14-21-19(24)17-9-6-10-18(23)22-17/h5-10,13H,2-4,11-12,14H2,1H3,(H,21,24)(H,22,23). The second kappa shape index (κ2) is 7.04. The van der Waals surface area contributed by atoms with Crippen molar-refractivity contribution in [3.63, 3.8) is 0 Å². The van der Waals surface area contributed by atoms with Crippen LogP contribution in [0.1, 0.15) is 53.7 Å². The number of benzene rings is 1. The van der Waals surface area contributed by atoms with Gasteiger partial charge in [0.1, 0.15) is 5.69 Å². The molecule has 4 nitrogen and oxygen atoms in total. The van der Waals surface area contributed by atoms with Gasteiger partial charge in [0.2, 0.25) is 5.56 Å². The summed E-state index contributed by atoms with van der Waals surface area (Å²) >= 11 is 0. The lowest BCUT2D eigenvalue weighted by atomic mass is 9.69. The van der Waals surface area contributed by atoms with Crippen molar-refractivity contribution in [1.82, 2.24) is 10.3 Å². The molecule has 0 atom stereocenters. The van der Waals surface area contributed by atoms with E-state index in [9.17, 15) is 9.59 Å². The number of rotatable bonds is 4. The molecule has 1 aromatic carbocycles. The molecule has 1 aliphatic rings. The quantitative estimate of drug-likeness (QED) is 0.906. The average Bonchev–Trinajstić information content (AvgIpc) is 2.60. The average molecular weight is 324 g/mol. The van der Waals surface area contributed by atoms with E-state index in [4.69, 9.17) is 0 Å². The molecule has 0 radical (unpaired) electrons. The van der Waals surface area contributed by atoms with Crippen LogP contribution in [0.25, 0.3) is 0 Å². The van der Waals surface area contributed by atoms with Crippen molar-refractivity contribution >= 4 is 5.91 Å². The molecule has 1 aliphatic carbocycles. The molecule has 24 heavy (non-hydrogen) atoms. The summed E-state index contributed by atoms with van der Waals surface area (Å²) in [7, 11) is 0. The van der Waals surface area contributed by atoms with E-state index in [1.165, 1.54) is 36.5 Å². The van der Waals surface area contributed by atoms with Gasteiger partial charge in [-0.1, -0.05) is 55.2 Å². The molecule has 1 fully saturated rings. The fraction of sp³-hybridized carbons (Fsp3) is 0.400. The Kier molecular flexibility index (Phi) is 4.84. The summed E-state index contributed by atoms with van der Waals surface area (Å²) in [5.41, 5.74) is 2.61. The number of aromatic nitrogens is 1. The molecule has 1 heterocycles. The highest BCUT2D eigenvalue weighted by molar-refractivity contribution is 5.92. The Labute approximate surface area is 142 Å². The second-order valence-electron chi connectivity index (χ2n) is 6.82. The van der Waals surface area contributed by atoms with Gasteiger partial charge in [-0.3, -0.25) is 9.59 Å². The summed E-state index contributed by atoms with van der Waals surface area (Å²) in [6, 6.07) is 13.3. The normalized spacial score (nSPS) is 16.5. The van der Waals surface area contributed by atoms with Crippen LogP contribution >= 0.6 is 0 Å². The van der Waals surface area contributed by atoms with Crippen LogP contribution in [0.5, 0.6) is 0 Å². The summed E-state index contributed by atoms with van der Waals surface area (Å²) in [4.78, 5) is 26.4. The fourth-order valence-electron chi connectivity index (χ4n) is 3.70. The van der Waals surface area contributed by atoms with Crippen molar-refractivity contribution in [2.24, 2.45) is 0 Å². The first-order valence-electron chi connectivity index (χ1n) is 8.64. The number of pyridine rings is 1. The highest BCUT2D eigenvalue weighted by atomic mass is 16.2. The van der Waals surface area contributed by atoms with Gasteiger partial charge in [-0.05, 0) is 31.4 Å². The summed E-state index contributed by atoms with van der Waals surface area (Å²) in [6.07, 6.45) is 5.80. The maximum absolute atomic E-state index is 12.4. The fourth-order valence-corrected chi connectivity index (χ4v) is 3.70. The number of amides is 1. The Morgan fingerprint density at radius 1 is 1.12 bits per heavy atom. The molecular formula is C20H24N2O2. The van der Waals surface area contributed by atoms with Gasteiger partial charge in [-0.25, -0.2) is 0 Å². The first kappa shape index (κ1) is 16.5. The largest absolute Gasteiger partial charge is 0.350 e. The van der Waals surface area contributed by atoms with Crippen LogP contribution in [0.3, 0.4) is 0 Å². The van der Waals surface area contributed by atoms with Crippen molar-refractivity contribution in [2.75, 3.05) is 6.54 Å². The van der Waals surface area contributed by atoms with Crippen LogP contribution < -0.4 is 10.9 Å². The number of nitrogens with one attached hydrogen (secondary N) is 2. The zero-order valence-corrected chi connectivity index (χ0v) is 14.1. The van der Waals surface area contributed by atoms with Gasteiger partial charge in [-0.2, -0.15) is 0 Å². The summed E-state index contributed by atoms with van der Waals surface area (Å²) in [5.74, 6) is -0.217. The zero-order chi connectivity index (χ0) is 17.0. The Hall–Kier alpha value is -2.36. The molecule has 2 aromatic rings. The third-order valence-electron chi connectivity index (χ3n) is 5.04. The van der Waals surface area contributed by atoms with Gasteiger partial charge >= 0.3 is 0 Å². The van der Waals surface area contributed by atoms with E-state index in [2.05, 4.69) is 41.5 Å². The van der Waals surface area contributed by atoms with Gasteiger partial charge < -0.3 is 10.3 Å². The molecule has 2 N–H and O–H groups in total. The topological polar surface area (TPSA) is 62.0 Å². The van der Waals surface area contributed by atoms with Gasteiger partial charge in [0.15, 0.2) is 0 Å². The number of carbonyl (C=O) groups excluding carboxylic acids is 1. The van der Waals surface area contributed by atoms with Crippen LogP contribution in [0.2, 0.25) is 0 Å². The predicted molar refractivity (Wildman–Crippen MR) is 95.3 cm³/mol. The molecule has 1 aromatic heterocycles. The first-order chi connectivity index (χ1) is 11.6. The van der Waals surface area contributed by atoms with Crippen LogP contribution in [0, 0.1) is 6.92 Å². The maximum atomic E-state index is 12.4. The second-order valence-corrected chi connectivity index (χ2v) is 6.82. The molecule has 0 unspecified atom stereocenters. The highest BCUT2D eigenvalue weighted by Gasteiger charge is 2.34. The van der Waals surface area contributed by atoms with E-state index in [-0.39, 0.29) is 16.9 Å². The van der Waals surface area contributed by atoms with Crippen LogP contribution in [0.15, 0.2) is 47.3 Å². The summed E-state index contributed by atoms with van der Waals surface area (Å²) in [5, 5.41) is 3.05. The summed E-state index contributed by atoms with van der Waals surface area (Å²) in [6.45, 7) is 2.71. The van der Waals surface area contributed by atoms with E-state index in [0.29, 0.717) is 12.2 Å². The lowest BCUT2D eigenvalue weighted by Crippen LogP contribution is -2.42. The molecule has 0 bridgehead atoms. The van der Waals surface area contributed by atoms with Gasteiger partial charge in [0.05, 0.1) is 0 Å². The van der Waals surface area contributed by atoms with Gasteiger partial charge in [-0.15, -0.1) is 0 Å². The highest BCUT2D eigenvalue weighted by Crippen LogP contribution is 2.39. The predicted octanol–water partition coefficient (Wildman–Crippen LogP) is 3.32. The molecule has 126 valence electrons. The third kappa shape index (κ3) is 3.58. The van der Waals surface area contributed by atoms with Crippen molar-refractivity contribution in [2.45, 2.75) is 44.4 Å². The van der Waals surface area contributed by atoms with Gasteiger partial charge in [0, 0.05) is 18.0 Å². The minimum Gasteiger partial charge on any atom is -0.350 e. The lowest BCUT2D eigenvalue weighted by Gasteiger charge is -2.38. The number of carbonyl (C=O) groups is 1. The molecule has 0 saturated heterocycles. The Morgan fingerprint density at radius 3 is 2.58 bits per heavy atom. The smallest absolute Gasteiger partial charge is 0.267 e. The lowest BCUT2D eigenvalue weighted by molar-refractivity contribution is 0.0931. The Bertz CT molecular complexity index is 773. The number of hydrogen-bond donors (Lipinski definition) is 2. The molecule has 1 saturated carbocycles. The minimum atomic E-state index is -0.256.